The van der Waals surface area contributed by atoms with Gasteiger partial charge in [-0.2, -0.15) is 13.2 Å². The maximum Gasteiger partial charge on any atom is 0.401 e. The second kappa shape index (κ2) is 11.7. The molecule has 1 aliphatic rings. The molecule has 2 rings (SSSR count). The summed E-state index contributed by atoms with van der Waals surface area (Å²) in [4.78, 5) is 5.60. The molecule has 0 bridgehead atoms. The number of ether oxygens (including phenoxy) is 1. The van der Waals surface area contributed by atoms with Gasteiger partial charge < -0.3 is 15.4 Å². The Balaban J connectivity index is 0.00000392. The van der Waals surface area contributed by atoms with Gasteiger partial charge in [-0.1, -0.05) is 32.0 Å². The molecule has 0 spiro atoms. The SMILES string of the molecule is CN=C(NCc1ccccc1OCC(C)C)NC1CCN(CC(F)(F)F)C1.I. The van der Waals surface area contributed by atoms with Crippen LogP contribution >= 0.6 is 24.0 Å². The standard InChI is InChI=1S/C19H29F3N4O.HI/c1-14(2)12-27-17-7-5-4-6-15(17)10-24-18(23-3)25-16-8-9-26(11-16)13-19(20,21)22;/h4-7,14,16H,8-13H2,1-3H3,(H2,23,24,25);1H. The first-order valence-corrected chi connectivity index (χ1v) is 9.24. The Morgan fingerprint density at radius 3 is 2.68 bits per heavy atom. The number of hydrogen-bond acceptors (Lipinski definition) is 3. The van der Waals surface area contributed by atoms with Gasteiger partial charge >= 0.3 is 6.18 Å². The Kier molecular flexibility index (Phi) is 10.4. The molecule has 2 N–H and O–H groups in total. The molecule has 0 aromatic heterocycles. The Morgan fingerprint density at radius 2 is 2.04 bits per heavy atom. The number of nitrogens with one attached hydrogen (secondary N) is 2. The minimum atomic E-state index is -4.16. The lowest BCUT2D eigenvalue weighted by atomic mass is 10.2. The average Bonchev–Trinajstić information content (AvgIpc) is 3.02. The fourth-order valence-corrected chi connectivity index (χ4v) is 2.96. The third kappa shape index (κ3) is 8.85. The summed E-state index contributed by atoms with van der Waals surface area (Å²) in [6, 6.07) is 7.74. The van der Waals surface area contributed by atoms with Gasteiger partial charge in [0.05, 0.1) is 13.2 Å². The first kappa shape index (κ1) is 24.8. The van der Waals surface area contributed by atoms with Gasteiger partial charge in [-0.15, -0.1) is 24.0 Å². The molecule has 1 atom stereocenters. The monoisotopic (exact) mass is 514 g/mol. The lowest BCUT2D eigenvalue weighted by molar-refractivity contribution is -0.143. The maximum absolute atomic E-state index is 12.5. The van der Waals surface area contributed by atoms with Gasteiger partial charge in [0, 0.05) is 38.3 Å². The van der Waals surface area contributed by atoms with Crippen molar-refractivity contribution >= 4 is 29.9 Å². The van der Waals surface area contributed by atoms with E-state index in [0.29, 0.717) is 44.5 Å². The van der Waals surface area contributed by atoms with Crippen LogP contribution in [0.5, 0.6) is 5.75 Å². The molecule has 1 heterocycles. The van der Waals surface area contributed by atoms with Crippen molar-refractivity contribution < 1.29 is 17.9 Å². The molecule has 1 fully saturated rings. The van der Waals surface area contributed by atoms with E-state index in [2.05, 4.69) is 29.5 Å². The molecule has 9 heteroatoms. The molecule has 0 radical (unpaired) electrons. The van der Waals surface area contributed by atoms with E-state index in [-0.39, 0.29) is 30.0 Å². The number of para-hydroxylation sites is 1. The fraction of sp³-hybridized carbons (Fsp3) is 0.632. The first-order valence-electron chi connectivity index (χ1n) is 9.24. The van der Waals surface area contributed by atoms with E-state index in [1.807, 2.05) is 24.3 Å². The van der Waals surface area contributed by atoms with Crippen LogP contribution in [-0.2, 0) is 6.54 Å². The number of aliphatic imine (C=N–C) groups is 1. The summed E-state index contributed by atoms with van der Waals surface area (Å²) in [5.41, 5.74) is 1.01. The molecule has 0 amide bonds. The summed E-state index contributed by atoms with van der Waals surface area (Å²) in [5, 5.41) is 6.43. The normalized spacial score (nSPS) is 18.1. The van der Waals surface area contributed by atoms with Crippen LogP contribution in [0.1, 0.15) is 25.8 Å². The second-order valence-electron chi connectivity index (χ2n) is 7.22. The van der Waals surface area contributed by atoms with Crippen LogP contribution in [-0.4, -0.2) is 56.4 Å². The van der Waals surface area contributed by atoms with E-state index >= 15 is 0 Å². The molecule has 1 unspecified atom stereocenters. The van der Waals surface area contributed by atoms with Crippen LogP contribution < -0.4 is 15.4 Å². The predicted octanol–water partition coefficient (Wildman–Crippen LogP) is 3.64. The van der Waals surface area contributed by atoms with Crippen LogP contribution in [0.3, 0.4) is 0 Å². The van der Waals surface area contributed by atoms with Crippen molar-refractivity contribution in [3.63, 3.8) is 0 Å². The van der Waals surface area contributed by atoms with Crippen LogP contribution in [0.15, 0.2) is 29.3 Å². The highest BCUT2D eigenvalue weighted by Gasteiger charge is 2.34. The van der Waals surface area contributed by atoms with Crippen molar-refractivity contribution in [2.24, 2.45) is 10.9 Å². The Hall–Kier alpha value is -1.23. The van der Waals surface area contributed by atoms with Crippen molar-refractivity contribution in [3.05, 3.63) is 29.8 Å². The third-order valence-electron chi connectivity index (χ3n) is 4.23. The second-order valence-corrected chi connectivity index (χ2v) is 7.22. The zero-order chi connectivity index (χ0) is 19.9. The van der Waals surface area contributed by atoms with Gasteiger partial charge in [0.1, 0.15) is 5.75 Å². The van der Waals surface area contributed by atoms with Gasteiger partial charge in [-0.3, -0.25) is 9.89 Å². The Labute approximate surface area is 182 Å². The van der Waals surface area contributed by atoms with E-state index in [0.717, 1.165) is 11.3 Å². The molecule has 0 aliphatic carbocycles. The van der Waals surface area contributed by atoms with Gasteiger partial charge in [-0.25, -0.2) is 0 Å². The lowest BCUT2D eigenvalue weighted by Gasteiger charge is -2.20. The van der Waals surface area contributed by atoms with Gasteiger partial charge in [0.15, 0.2) is 5.96 Å². The van der Waals surface area contributed by atoms with E-state index in [4.69, 9.17) is 4.74 Å². The zero-order valence-corrected chi connectivity index (χ0v) is 18.9. The van der Waals surface area contributed by atoms with Crippen molar-refractivity contribution in [3.8, 4) is 5.75 Å². The molecule has 28 heavy (non-hydrogen) atoms. The number of alkyl halides is 3. The highest BCUT2D eigenvalue weighted by atomic mass is 127. The maximum atomic E-state index is 12.5. The number of rotatable bonds is 7. The predicted molar refractivity (Wildman–Crippen MR) is 116 cm³/mol. The number of nitrogens with zero attached hydrogens (tertiary/aromatic N) is 2. The van der Waals surface area contributed by atoms with Crippen LogP contribution in [0.2, 0.25) is 0 Å². The quantitative estimate of drug-likeness (QED) is 0.332. The lowest BCUT2D eigenvalue weighted by Crippen LogP contribution is -2.44. The summed E-state index contributed by atoms with van der Waals surface area (Å²) >= 11 is 0. The van der Waals surface area contributed by atoms with E-state index < -0.39 is 12.7 Å². The Morgan fingerprint density at radius 1 is 1.32 bits per heavy atom. The molecular formula is C19H30F3IN4O. The van der Waals surface area contributed by atoms with Crippen LogP contribution in [0.25, 0.3) is 0 Å². The third-order valence-corrected chi connectivity index (χ3v) is 4.23. The summed E-state index contributed by atoms with van der Waals surface area (Å²) in [7, 11) is 1.65. The molecular weight excluding hydrogens is 484 g/mol. The van der Waals surface area contributed by atoms with E-state index in [1.54, 1.807) is 7.05 Å². The number of halogens is 4. The summed E-state index contributed by atoms with van der Waals surface area (Å²) in [5.74, 6) is 1.83. The zero-order valence-electron chi connectivity index (χ0n) is 16.6. The summed E-state index contributed by atoms with van der Waals surface area (Å²) < 4.78 is 43.4. The molecule has 1 saturated heterocycles. The number of likely N-dealkylation sites (tertiary alicyclic amines) is 1. The number of benzene rings is 1. The van der Waals surface area contributed by atoms with Gasteiger partial charge in [0.25, 0.3) is 0 Å². The molecule has 5 nitrogen and oxygen atoms in total. The molecule has 1 aliphatic heterocycles. The van der Waals surface area contributed by atoms with Crippen molar-refractivity contribution in [1.82, 2.24) is 15.5 Å². The van der Waals surface area contributed by atoms with Crippen molar-refractivity contribution in [2.75, 3.05) is 33.3 Å². The van der Waals surface area contributed by atoms with E-state index in [1.165, 1.54) is 4.90 Å². The van der Waals surface area contributed by atoms with E-state index in [9.17, 15) is 13.2 Å². The molecule has 0 saturated carbocycles. The smallest absolute Gasteiger partial charge is 0.401 e. The molecule has 1 aromatic rings. The van der Waals surface area contributed by atoms with Gasteiger partial charge in [0.2, 0.25) is 0 Å². The first-order chi connectivity index (χ1) is 12.8. The van der Waals surface area contributed by atoms with Crippen molar-refractivity contribution in [1.29, 1.82) is 0 Å². The Bertz CT molecular complexity index is 625. The average molecular weight is 514 g/mol. The van der Waals surface area contributed by atoms with Crippen LogP contribution in [0, 0.1) is 5.92 Å². The summed E-state index contributed by atoms with van der Waals surface area (Å²) in [6.07, 6.45) is -3.50. The minimum absolute atomic E-state index is 0. The highest BCUT2D eigenvalue weighted by molar-refractivity contribution is 14.0. The molecule has 1 aromatic carbocycles. The summed E-state index contributed by atoms with van der Waals surface area (Å²) in [6.45, 7) is 5.27. The number of hydrogen-bond donors (Lipinski definition) is 2. The van der Waals surface area contributed by atoms with Gasteiger partial charge in [-0.05, 0) is 18.4 Å². The van der Waals surface area contributed by atoms with Crippen LogP contribution in [0.4, 0.5) is 13.2 Å². The van der Waals surface area contributed by atoms with Crippen molar-refractivity contribution in [2.45, 2.75) is 39.0 Å². The minimum Gasteiger partial charge on any atom is -0.493 e. The highest BCUT2D eigenvalue weighted by Crippen LogP contribution is 2.20. The molecule has 160 valence electrons. The fourth-order valence-electron chi connectivity index (χ4n) is 2.96. The topological polar surface area (TPSA) is 48.9 Å². The largest absolute Gasteiger partial charge is 0.493 e. The number of guanidine groups is 1.